The highest BCUT2D eigenvalue weighted by molar-refractivity contribution is 8.00. The van der Waals surface area contributed by atoms with Crippen LogP contribution in [0.4, 0.5) is 0 Å². The molecule has 4 nitrogen and oxygen atoms in total. The molecule has 0 aromatic heterocycles. The summed E-state index contributed by atoms with van der Waals surface area (Å²) in [6, 6.07) is 1.99. The number of hydrogen-bond acceptors (Lipinski definition) is 5. The van der Waals surface area contributed by atoms with Gasteiger partial charge in [0.1, 0.15) is 15.4 Å². The summed E-state index contributed by atoms with van der Waals surface area (Å²) < 4.78 is 21.5. The highest BCUT2D eigenvalue weighted by Crippen LogP contribution is 2.10. The van der Waals surface area contributed by atoms with E-state index in [9.17, 15) is 8.42 Å². The molecule has 0 spiro atoms. The Hall–Kier alpha value is -0.250. The molecule has 0 amide bonds. The van der Waals surface area contributed by atoms with Gasteiger partial charge in [0.15, 0.2) is 0 Å². The van der Waals surface area contributed by atoms with E-state index in [0.29, 0.717) is 12.2 Å². The molecule has 1 unspecified atom stereocenters. The maximum atomic E-state index is 10.8. The number of nitrogens with two attached hydrogens (primary N) is 1. The van der Waals surface area contributed by atoms with Gasteiger partial charge in [0, 0.05) is 12.0 Å². The molecule has 0 aromatic carbocycles. The van der Waals surface area contributed by atoms with Crippen LogP contribution in [-0.2, 0) is 9.84 Å². The second-order valence-electron chi connectivity index (χ2n) is 3.52. The summed E-state index contributed by atoms with van der Waals surface area (Å²) in [6.07, 6.45) is 1.80. The van der Waals surface area contributed by atoms with Gasteiger partial charge in [-0.1, -0.05) is 0 Å². The lowest BCUT2D eigenvalue weighted by Gasteiger charge is -2.13. The van der Waals surface area contributed by atoms with E-state index in [1.165, 1.54) is 18.0 Å². The standard InChI is InChI=1S/C8H16N2O2S2/c1-8(10,7-9)3-4-13-5-6-14(2,11)12/h3-6,10H2,1-2H3. The molecule has 0 aliphatic heterocycles. The largest absolute Gasteiger partial charge is 0.314 e. The average Bonchev–Trinajstić information content (AvgIpc) is 2.01. The first-order chi connectivity index (χ1) is 6.27. The second-order valence-corrected chi connectivity index (χ2v) is 7.01. The quantitative estimate of drug-likeness (QED) is 0.675. The lowest BCUT2D eigenvalue weighted by atomic mass is 10.0. The van der Waals surface area contributed by atoms with Gasteiger partial charge in [0.05, 0.1) is 11.8 Å². The summed E-state index contributed by atoms with van der Waals surface area (Å²) in [7, 11) is -2.86. The van der Waals surface area contributed by atoms with Crippen LogP contribution in [0.15, 0.2) is 0 Å². The Morgan fingerprint density at radius 3 is 2.50 bits per heavy atom. The third kappa shape index (κ3) is 8.35. The third-order valence-electron chi connectivity index (χ3n) is 1.62. The average molecular weight is 236 g/mol. The van der Waals surface area contributed by atoms with Gasteiger partial charge in [0.2, 0.25) is 0 Å². The van der Waals surface area contributed by atoms with Gasteiger partial charge in [-0.05, 0) is 19.1 Å². The summed E-state index contributed by atoms with van der Waals surface area (Å²) in [4.78, 5) is 0. The van der Waals surface area contributed by atoms with Crippen molar-refractivity contribution in [1.29, 1.82) is 5.26 Å². The van der Waals surface area contributed by atoms with Crippen molar-refractivity contribution in [1.82, 2.24) is 0 Å². The molecular formula is C8H16N2O2S2. The molecule has 0 aliphatic carbocycles. The zero-order chi connectivity index (χ0) is 11.2. The van der Waals surface area contributed by atoms with Crippen LogP contribution >= 0.6 is 11.8 Å². The third-order valence-corrected chi connectivity index (χ3v) is 3.81. The molecule has 0 aromatic rings. The van der Waals surface area contributed by atoms with E-state index in [1.807, 2.05) is 6.07 Å². The Balaban J connectivity index is 3.55. The van der Waals surface area contributed by atoms with E-state index in [4.69, 9.17) is 11.0 Å². The van der Waals surface area contributed by atoms with Crippen molar-refractivity contribution in [3.63, 3.8) is 0 Å². The maximum absolute atomic E-state index is 10.8. The zero-order valence-corrected chi connectivity index (χ0v) is 10.1. The van der Waals surface area contributed by atoms with Crippen molar-refractivity contribution in [3.05, 3.63) is 0 Å². The first-order valence-electron chi connectivity index (χ1n) is 4.22. The number of nitriles is 1. The molecule has 0 rings (SSSR count). The summed E-state index contributed by atoms with van der Waals surface area (Å²) in [6.45, 7) is 1.67. The van der Waals surface area contributed by atoms with Crippen LogP contribution in [0.1, 0.15) is 13.3 Å². The predicted molar refractivity (Wildman–Crippen MR) is 59.9 cm³/mol. The minimum atomic E-state index is -2.86. The molecular weight excluding hydrogens is 220 g/mol. The first-order valence-corrected chi connectivity index (χ1v) is 7.44. The van der Waals surface area contributed by atoms with Crippen molar-refractivity contribution in [2.45, 2.75) is 18.9 Å². The van der Waals surface area contributed by atoms with Crippen LogP contribution in [0.2, 0.25) is 0 Å². The topological polar surface area (TPSA) is 83.9 Å². The number of hydrogen-bond donors (Lipinski definition) is 1. The van der Waals surface area contributed by atoms with Crippen molar-refractivity contribution in [2.24, 2.45) is 5.73 Å². The molecule has 82 valence electrons. The molecule has 14 heavy (non-hydrogen) atoms. The number of sulfone groups is 1. The number of nitrogens with zero attached hydrogens (tertiary/aromatic N) is 1. The maximum Gasteiger partial charge on any atom is 0.148 e. The Morgan fingerprint density at radius 1 is 1.50 bits per heavy atom. The van der Waals surface area contributed by atoms with Crippen molar-refractivity contribution < 1.29 is 8.42 Å². The monoisotopic (exact) mass is 236 g/mol. The zero-order valence-electron chi connectivity index (χ0n) is 8.49. The van der Waals surface area contributed by atoms with E-state index in [-0.39, 0.29) is 5.75 Å². The summed E-state index contributed by atoms with van der Waals surface area (Å²) in [5.74, 6) is 1.47. The molecule has 1 atom stereocenters. The Labute approximate surface area is 89.8 Å². The van der Waals surface area contributed by atoms with Gasteiger partial charge < -0.3 is 5.73 Å². The summed E-state index contributed by atoms with van der Waals surface area (Å²) in [5.41, 5.74) is 4.80. The van der Waals surface area contributed by atoms with E-state index in [2.05, 4.69) is 0 Å². The first kappa shape index (κ1) is 13.8. The van der Waals surface area contributed by atoms with Gasteiger partial charge in [-0.3, -0.25) is 0 Å². The van der Waals surface area contributed by atoms with E-state index in [1.54, 1.807) is 6.92 Å². The van der Waals surface area contributed by atoms with Gasteiger partial charge in [-0.15, -0.1) is 0 Å². The smallest absolute Gasteiger partial charge is 0.148 e. The van der Waals surface area contributed by atoms with E-state index >= 15 is 0 Å². The molecule has 0 heterocycles. The summed E-state index contributed by atoms with van der Waals surface area (Å²) in [5, 5.41) is 8.60. The Bertz CT molecular complexity index is 304. The molecule has 0 fully saturated rings. The van der Waals surface area contributed by atoms with Gasteiger partial charge in [0.25, 0.3) is 0 Å². The van der Waals surface area contributed by atoms with Crippen LogP contribution < -0.4 is 5.73 Å². The normalized spacial score (nSPS) is 15.9. The molecule has 6 heteroatoms. The van der Waals surface area contributed by atoms with Crippen molar-refractivity contribution in [2.75, 3.05) is 23.5 Å². The lowest BCUT2D eigenvalue weighted by Crippen LogP contribution is -2.34. The molecule has 2 N–H and O–H groups in total. The Kier molecular flexibility index (Phi) is 5.49. The van der Waals surface area contributed by atoms with Crippen LogP contribution in [0.5, 0.6) is 0 Å². The van der Waals surface area contributed by atoms with Crippen LogP contribution in [-0.4, -0.2) is 37.5 Å². The summed E-state index contributed by atoms with van der Waals surface area (Å²) >= 11 is 1.51. The van der Waals surface area contributed by atoms with E-state index in [0.717, 1.165) is 5.75 Å². The van der Waals surface area contributed by atoms with Gasteiger partial charge >= 0.3 is 0 Å². The predicted octanol–water partition coefficient (Wildman–Crippen LogP) is 0.395. The SMILES string of the molecule is CC(N)(C#N)CCSCCS(C)(=O)=O. The molecule has 0 saturated carbocycles. The molecule has 0 radical (unpaired) electrons. The fourth-order valence-corrected chi connectivity index (χ4v) is 3.11. The van der Waals surface area contributed by atoms with Crippen LogP contribution in [0.25, 0.3) is 0 Å². The molecule has 0 saturated heterocycles. The Morgan fingerprint density at radius 2 is 2.07 bits per heavy atom. The fraction of sp³-hybridized carbons (Fsp3) is 0.875. The molecule has 0 bridgehead atoms. The van der Waals surface area contributed by atoms with Crippen molar-refractivity contribution >= 4 is 21.6 Å². The fourth-order valence-electron chi connectivity index (χ4n) is 0.652. The second kappa shape index (κ2) is 5.59. The van der Waals surface area contributed by atoms with Gasteiger partial charge in [-0.25, -0.2) is 8.42 Å². The van der Waals surface area contributed by atoms with Gasteiger partial charge in [-0.2, -0.15) is 17.0 Å². The minimum Gasteiger partial charge on any atom is -0.314 e. The lowest BCUT2D eigenvalue weighted by molar-refractivity contribution is 0.583. The highest BCUT2D eigenvalue weighted by Gasteiger charge is 2.16. The van der Waals surface area contributed by atoms with Crippen LogP contribution in [0.3, 0.4) is 0 Å². The highest BCUT2D eigenvalue weighted by atomic mass is 32.2. The minimum absolute atomic E-state index is 0.186. The number of rotatable bonds is 6. The number of thioether (sulfide) groups is 1. The van der Waals surface area contributed by atoms with Crippen molar-refractivity contribution in [3.8, 4) is 6.07 Å². The van der Waals surface area contributed by atoms with Crippen LogP contribution in [0, 0.1) is 11.3 Å². The van der Waals surface area contributed by atoms with E-state index < -0.39 is 15.4 Å². The molecule has 0 aliphatic rings.